The summed E-state index contributed by atoms with van der Waals surface area (Å²) in [6.45, 7) is 1.74. The minimum Gasteiger partial charge on any atom is -0.376 e. The van der Waals surface area contributed by atoms with Crippen LogP contribution in [-0.2, 0) is 11.3 Å². The first kappa shape index (κ1) is 11.4. The van der Waals surface area contributed by atoms with E-state index in [2.05, 4.69) is 20.9 Å². The third kappa shape index (κ3) is 2.26. The Morgan fingerprint density at radius 1 is 1.32 bits per heavy atom. The highest BCUT2D eigenvalue weighted by atomic mass is 16.5. The van der Waals surface area contributed by atoms with Crippen LogP contribution in [0.4, 0.5) is 0 Å². The van der Waals surface area contributed by atoms with E-state index >= 15 is 0 Å². The summed E-state index contributed by atoms with van der Waals surface area (Å²) in [6.07, 6.45) is 8.40. The Hall–Kier alpha value is -1.39. The molecule has 100 valence electrons. The highest BCUT2D eigenvalue weighted by molar-refractivity contribution is 5.39. The molecular weight excluding hydrogens is 238 g/mol. The molecule has 1 saturated carbocycles. The minimum atomic E-state index is 0.442. The fraction of sp³-hybridized carbons (Fsp3) is 0.533. The zero-order chi connectivity index (χ0) is 12.7. The summed E-state index contributed by atoms with van der Waals surface area (Å²) >= 11 is 0. The highest BCUT2D eigenvalue weighted by Crippen LogP contribution is 2.38. The number of hydrogen-bond donors (Lipinski definition) is 1. The summed E-state index contributed by atoms with van der Waals surface area (Å²) in [5, 5.41) is 3.63. The van der Waals surface area contributed by atoms with Gasteiger partial charge in [0.25, 0.3) is 0 Å². The Morgan fingerprint density at radius 2 is 2.26 bits per heavy atom. The van der Waals surface area contributed by atoms with Crippen molar-refractivity contribution in [1.82, 2.24) is 14.7 Å². The maximum atomic E-state index is 5.85. The smallest absolute Gasteiger partial charge is 0.137 e. The average Bonchev–Trinajstić information content (AvgIpc) is 3.03. The standard InChI is InChI=1S/C15H19N3O/c1-2-7-18-10-12(17-14(18)3-1)9-16-13-6-8-19-15(13)11-4-5-11/h1-3,7,10-11,13,15-16H,4-6,8-9H2. The van der Waals surface area contributed by atoms with Crippen LogP contribution in [0.5, 0.6) is 0 Å². The van der Waals surface area contributed by atoms with Crippen molar-refractivity contribution in [3.05, 3.63) is 36.3 Å². The fourth-order valence-electron chi connectivity index (χ4n) is 3.03. The first-order valence-corrected chi connectivity index (χ1v) is 7.18. The number of nitrogens with one attached hydrogen (secondary N) is 1. The molecule has 1 aliphatic heterocycles. The van der Waals surface area contributed by atoms with Crippen LogP contribution in [0.2, 0.25) is 0 Å². The maximum Gasteiger partial charge on any atom is 0.137 e. The molecule has 2 fully saturated rings. The number of imidazole rings is 1. The summed E-state index contributed by atoms with van der Waals surface area (Å²) in [5.41, 5.74) is 2.12. The lowest BCUT2D eigenvalue weighted by Gasteiger charge is -2.18. The van der Waals surface area contributed by atoms with Crippen molar-refractivity contribution < 1.29 is 4.74 Å². The molecule has 1 aliphatic carbocycles. The predicted molar refractivity (Wildman–Crippen MR) is 72.9 cm³/mol. The molecule has 19 heavy (non-hydrogen) atoms. The number of rotatable bonds is 4. The topological polar surface area (TPSA) is 38.6 Å². The van der Waals surface area contributed by atoms with Gasteiger partial charge in [-0.15, -0.1) is 0 Å². The molecule has 0 radical (unpaired) electrons. The molecule has 0 aromatic carbocycles. The number of hydrogen-bond acceptors (Lipinski definition) is 3. The Labute approximate surface area is 112 Å². The molecule has 4 nitrogen and oxygen atoms in total. The van der Waals surface area contributed by atoms with Crippen molar-refractivity contribution >= 4 is 5.65 Å². The zero-order valence-corrected chi connectivity index (χ0v) is 11.0. The second kappa shape index (κ2) is 4.62. The van der Waals surface area contributed by atoms with E-state index in [0.717, 1.165) is 36.8 Å². The molecule has 1 saturated heterocycles. The molecule has 4 rings (SSSR count). The molecule has 3 heterocycles. The van der Waals surface area contributed by atoms with Gasteiger partial charge < -0.3 is 14.5 Å². The molecule has 4 heteroatoms. The molecule has 2 atom stereocenters. The number of aromatic nitrogens is 2. The van der Waals surface area contributed by atoms with Gasteiger partial charge in [0.2, 0.25) is 0 Å². The normalized spacial score (nSPS) is 27.2. The van der Waals surface area contributed by atoms with Gasteiger partial charge in [-0.05, 0) is 37.3 Å². The van der Waals surface area contributed by atoms with Gasteiger partial charge in [-0.25, -0.2) is 4.98 Å². The van der Waals surface area contributed by atoms with Crippen molar-refractivity contribution in [2.45, 2.75) is 38.0 Å². The maximum absolute atomic E-state index is 5.85. The summed E-state index contributed by atoms with van der Waals surface area (Å²) in [4.78, 5) is 4.62. The zero-order valence-electron chi connectivity index (χ0n) is 11.0. The third-order valence-electron chi connectivity index (χ3n) is 4.18. The van der Waals surface area contributed by atoms with Crippen LogP contribution in [0.1, 0.15) is 25.0 Å². The van der Waals surface area contributed by atoms with E-state index in [4.69, 9.17) is 4.74 Å². The Kier molecular flexibility index (Phi) is 2.78. The second-order valence-corrected chi connectivity index (χ2v) is 5.65. The van der Waals surface area contributed by atoms with Gasteiger partial charge in [-0.1, -0.05) is 6.07 Å². The molecule has 2 aromatic heterocycles. The molecule has 1 N–H and O–H groups in total. The van der Waals surface area contributed by atoms with E-state index in [1.165, 1.54) is 12.8 Å². The van der Waals surface area contributed by atoms with Gasteiger partial charge in [0.1, 0.15) is 5.65 Å². The Balaban J connectivity index is 1.43. The minimum absolute atomic E-state index is 0.442. The van der Waals surface area contributed by atoms with Gasteiger partial charge in [0.05, 0.1) is 11.8 Å². The van der Waals surface area contributed by atoms with Crippen LogP contribution in [-0.4, -0.2) is 28.1 Å². The molecule has 2 unspecified atom stereocenters. The fourth-order valence-corrected chi connectivity index (χ4v) is 3.03. The quantitative estimate of drug-likeness (QED) is 0.910. The van der Waals surface area contributed by atoms with Gasteiger partial charge in [-0.3, -0.25) is 0 Å². The summed E-state index contributed by atoms with van der Waals surface area (Å²) in [6, 6.07) is 6.60. The number of nitrogens with zero attached hydrogens (tertiary/aromatic N) is 2. The molecule has 0 bridgehead atoms. The van der Waals surface area contributed by atoms with Crippen LogP contribution in [0.3, 0.4) is 0 Å². The number of fused-ring (bicyclic) bond motifs is 1. The van der Waals surface area contributed by atoms with E-state index in [1.807, 2.05) is 24.4 Å². The predicted octanol–water partition coefficient (Wildman–Crippen LogP) is 1.99. The lowest BCUT2D eigenvalue weighted by atomic mass is 10.1. The Bertz CT molecular complexity index is 543. The van der Waals surface area contributed by atoms with Crippen LogP contribution in [0.15, 0.2) is 30.6 Å². The van der Waals surface area contributed by atoms with Crippen molar-refractivity contribution in [2.75, 3.05) is 6.61 Å². The van der Waals surface area contributed by atoms with Crippen molar-refractivity contribution in [3.63, 3.8) is 0 Å². The Morgan fingerprint density at radius 3 is 3.11 bits per heavy atom. The van der Waals surface area contributed by atoms with Crippen LogP contribution < -0.4 is 5.32 Å². The summed E-state index contributed by atoms with van der Waals surface area (Å²) in [5.74, 6) is 0.807. The van der Waals surface area contributed by atoms with E-state index in [9.17, 15) is 0 Å². The second-order valence-electron chi connectivity index (χ2n) is 5.65. The third-order valence-corrected chi connectivity index (χ3v) is 4.18. The van der Waals surface area contributed by atoms with Crippen molar-refractivity contribution in [3.8, 4) is 0 Å². The largest absolute Gasteiger partial charge is 0.376 e. The van der Waals surface area contributed by atoms with Gasteiger partial charge >= 0.3 is 0 Å². The first-order valence-electron chi connectivity index (χ1n) is 7.18. The number of pyridine rings is 1. The van der Waals surface area contributed by atoms with E-state index in [1.54, 1.807) is 0 Å². The summed E-state index contributed by atoms with van der Waals surface area (Å²) < 4.78 is 7.92. The molecule has 2 aliphatic rings. The molecule has 0 spiro atoms. The van der Waals surface area contributed by atoms with Crippen molar-refractivity contribution in [2.24, 2.45) is 5.92 Å². The van der Waals surface area contributed by atoms with Gasteiger partial charge in [0, 0.05) is 31.6 Å². The SMILES string of the molecule is c1ccn2cc(CNC3CCOC3C3CC3)nc2c1. The number of ether oxygens (including phenoxy) is 1. The molecule has 2 aromatic rings. The average molecular weight is 257 g/mol. The highest BCUT2D eigenvalue weighted by Gasteiger charge is 2.40. The summed E-state index contributed by atoms with van der Waals surface area (Å²) in [7, 11) is 0. The first-order chi connectivity index (χ1) is 9.40. The molecular formula is C15H19N3O. The van der Waals surface area contributed by atoms with Gasteiger partial charge in [0.15, 0.2) is 0 Å². The lowest BCUT2D eigenvalue weighted by molar-refractivity contribution is 0.0808. The lowest BCUT2D eigenvalue weighted by Crippen LogP contribution is -2.37. The van der Waals surface area contributed by atoms with Gasteiger partial charge in [-0.2, -0.15) is 0 Å². The van der Waals surface area contributed by atoms with Crippen molar-refractivity contribution in [1.29, 1.82) is 0 Å². The molecule has 0 amide bonds. The van der Waals surface area contributed by atoms with E-state index < -0.39 is 0 Å². The van der Waals surface area contributed by atoms with E-state index in [0.29, 0.717) is 12.1 Å². The monoisotopic (exact) mass is 257 g/mol. The van der Waals surface area contributed by atoms with E-state index in [-0.39, 0.29) is 0 Å². The van der Waals surface area contributed by atoms with Crippen LogP contribution >= 0.6 is 0 Å². The van der Waals surface area contributed by atoms with Crippen LogP contribution in [0.25, 0.3) is 5.65 Å². The van der Waals surface area contributed by atoms with Crippen LogP contribution in [0, 0.1) is 5.92 Å².